The average molecular weight is 603 g/mol. The van der Waals surface area contributed by atoms with Crippen LogP contribution in [0.3, 0.4) is 0 Å². The first-order valence-electron chi connectivity index (χ1n) is 0.717. The number of hydrogen-bond donors (Lipinski definition) is 0. The van der Waals surface area contributed by atoms with E-state index in [0.29, 0.717) is 0 Å². The zero-order valence-electron chi connectivity index (χ0n) is 2.90. The summed E-state index contributed by atoms with van der Waals surface area (Å²) in [5.41, 5.74) is 0. The van der Waals surface area contributed by atoms with Gasteiger partial charge < -0.3 is 0 Å². The van der Waals surface area contributed by atoms with E-state index in [1.165, 1.54) is 0 Å². The second-order valence-corrected chi connectivity index (χ2v) is 23.3. The molecular formula is Cl6Pt2. The number of halogens is 6. The molecule has 0 radical (unpaired) electrons. The monoisotopic (exact) mass is 600 g/mol. The van der Waals surface area contributed by atoms with Gasteiger partial charge in [0.25, 0.3) is 0 Å². The van der Waals surface area contributed by atoms with E-state index in [0.717, 1.165) is 0 Å². The minimum absolute atomic E-state index is 0.472. The van der Waals surface area contributed by atoms with E-state index < -0.39 is 28.4 Å². The third-order valence-corrected chi connectivity index (χ3v) is 0. The van der Waals surface area contributed by atoms with Gasteiger partial charge in [-0.15, -0.1) is 0 Å². The summed E-state index contributed by atoms with van der Waals surface area (Å²) in [7, 11) is 29.8. The maximum atomic E-state index is 5.01. The second-order valence-electron chi connectivity index (χ2n) is 0.316. The summed E-state index contributed by atoms with van der Waals surface area (Å²) in [5, 5.41) is 0. The Morgan fingerprint density at radius 1 is 0.875 bits per heavy atom. The van der Waals surface area contributed by atoms with Crippen LogP contribution in [0.5, 0.6) is 0 Å². The number of hydrogen-bond acceptors (Lipinski definition) is 0. The van der Waals surface area contributed by atoms with Gasteiger partial charge in [0.1, 0.15) is 0 Å². The molecule has 0 aliphatic rings. The Morgan fingerprint density at radius 3 is 0.875 bits per heavy atom. The fourth-order valence-corrected chi connectivity index (χ4v) is 0. The predicted octanol–water partition coefficient (Wildman–Crippen LogP) is 4.13. The van der Waals surface area contributed by atoms with Crippen molar-refractivity contribution < 1.29 is 28.4 Å². The van der Waals surface area contributed by atoms with Gasteiger partial charge in [0.2, 0.25) is 0 Å². The van der Waals surface area contributed by atoms with Gasteiger partial charge in [-0.25, -0.2) is 0 Å². The fourth-order valence-electron chi connectivity index (χ4n) is 0. The molecule has 0 unspecified atom stereocenters. The van der Waals surface area contributed by atoms with Crippen LogP contribution in [0, 0.1) is 0 Å². The number of rotatable bonds is 0. The van der Waals surface area contributed by atoms with Crippen LogP contribution in [0.2, 0.25) is 0 Å². The van der Waals surface area contributed by atoms with Crippen molar-refractivity contribution in [1.82, 2.24) is 0 Å². The van der Waals surface area contributed by atoms with E-state index in [-0.39, 0.29) is 0 Å². The fraction of sp³-hybridized carbons (Fsp3) is 0. The van der Waals surface area contributed by atoms with Crippen molar-refractivity contribution in [2.75, 3.05) is 0 Å². The Labute approximate surface area is 83.4 Å². The summed E-state index contributed by atoms with van der Waals surface area (Å²) in [6.07, 6.45) is 0. The molecule has 0 saturated heterocycles. The molecule has 0 saturated carbocycles. The standard InChI is InChI=1S/6ClH.2Pt/h6*1H;;/q;;;;;;+2;+4/p-6. The van der Waals surface area contributed by atoms with Crippen LogP contribution >= 0.6 is 56.5 Å². The van der Waals surface area contributed by atoms with Gasteiger partial charge in [0.15, 0.2) is 0 Å². The van der Waals surface area contributed by atoms with E-state index in [9.17, 15) is 0 Å². The normalized spacial score (nSPS) is 12.2. The molecule has 0 rings (SSSR count). The Bertz CT molecular complexity index is 30.3. The van der Waals surface area contributed by atoms with Crippen LogP contribution in [0.1, 0.15) is 0 Å². The van der Waals surface area contributed by atoms with Gasteiger partial charge in [-0.05, 0) is 0 Å². The molecule has 0 aliphatic heterocycles. The van der Waals surface area contributed by atoms with Gasteiger partial charge in [-0.3, -0.25) is 0 Å². The summed E-state index contributed by atoms with van der Waals surface area (Å²) in [4.78, 5) is 0. The van der Waals surface area contributed by atoms with Crippen molar-refractivity contribution >= 4 is 56.5 Å². The molecule has 0 amide bonds. The molecule has 8 heteroatoms. The van der Waals surface area contributed by atoms with E-state index in [1.54, 1.807) is 0 Å². The molecule has 0 heterocycles. The molecule has 0 fully saturated rings. The quantitative estimate of drug-likeness (QED) is 0.391. The van der Waals surface area contributed by atoms with Crippen molar-refractivity contribution in [3.63, 3.8) is 0 Å². The summed E-state index contributed by atoms with van der Waals surface area (Å²) in [6.45, 7) is 0. The third-order valence-electron chi connectivity index (χ3n) is 0. The summed E-state index contributed by atoms with van der Waals surface area (Å²) in [5.74, 6) is 0. The second kappa shape index (κ2) is 8.22. The van der Waals surface area contributed by atoms with Gasteiger partial charge in [-0.2, -0.15) is 0 Å². The average Bonchev–Trinajstić information content (AvgIpc) is 1.27. The molecule has 0 aromatic carbocycles. The maximum absolute atomic E-state index is 5.01. The first-order valence-corrected chi connectivity index (χ1v) is 17.6. The molecule has 0 aromatic rings. The Hall–Kier alpha value is 3.12. The van der Waals surface area contributed by atoms with Crippen molar-refractivity contribution in [3.8, 4) is 0 Å². The molecular weight excluding hydrogens is 603 g/mol. The van der Waals surface area contributed by atoms with Crippen LogP contribution < -0.4 is 0 Å². The van der Waals surface area contributed by atoms with Gasteiger partial charge in [0.05, 0.1) is 0 Å². The summed E-state index contributed by atoms with van der Waals surface area (Å²) in [6, 6.07) is 0. The van der Waals surface area contributed by atoms with E-state index in [1.807, 2.05) is 0 Å². The van der Waals surface area contributed by atoms with Crippen LogP contribution in [0.4, 0.5) is 0 Å². The zero-order valence-corrected chi connectivity index (χ0v) is 12.0. The van der Waals surface area contributed by atoms with Crippen LogP contribution in [-0.2, 0) is 28.4 Å². The van der Waals surface area contributed by atoms with Crippen molar-refractivity contribution in [2.24, 2.45) is 0 Å². The molecule has 0 spiro atoms. The van der Waals surface area contributed by atoms with E-state index in [4.69, 9.17) is 56.5 Å². The molecule has 0 bridgehead atoms. The molecule has 8 heavy (non-hydrogen) atoms. The first kappa shape index (κ1) is 13.7. The van der Waals surface area contributed by atoms with Crippen molar-refractivity contribution in [3.05, 3.63) is 0 Å². The molecule has 62 valence electrons. The molecule has 0 N–H and O–H groups in total. The van der Waals surface area contributed by atoms with E-state index >= 15 is 0 Å². The molecule has 0 aliphatic carbocycles. The van der Waals surface area contributed by atoms with Crippen molar-refractivity contribution in [2.45, 2.75) is 0 Å². The Morgan fingerprint density at radius 2 is 0.875 bits per heavy atom. The molecule has 0 nitrogen and oxygen atoms in total. The van der Waals surface area contributed by atoms with Gasteiger partial charge in [-0.1, -0.05) is 0 Å². The molecule has 0 atom stereocenters. The van der Waals surface area contributed by atoms with Crippen molar-refractivity contribution in [1.29, 1.82) is 0 Å². The van der Waals surface area contributed by atoms with Gasteiger partial charge in [0, 0.05) is 0 Å². The zero-order chi connectivity index (χ0) is 7.21. The minimum atomic E-state index is -3.06. The van der Waals surface area contributed by atoms with Crippen LogP contribution in [-0.4, -0.2) is 0 Å². The predicted molar refractivity (Wildman–Crippen MR) is 35.1 cm³/mol. The Kier molecular flexibility index (Phi) is 14.1. The first-order chi connectivity index (χ1) is 3.41. The summed E-state index contributed by atoms with van der Waals surface area (Å²) >= 11 is -3.53. The van der Waals surface area contributed by atoms with Crippen LogP contribution in [0.25, 0.3) is 0 Å². The van der Waals surface area contributed by atoms with Gasteiger partial charge >= 0.3 is 84.9 Å². The van der Waals surface area contributed by atoms with E-state index in [2.05, 4.69) is 0 Å². The third kappa shape index (κ3) is 61.8. The summed E-state index contributed by atoms with van der Waals surface area (Å²) < 4.78 is 0. The topological polar surface area (TPSA) is 0 Å². The Balaban J connectivity index is 0. The molecule has 0 aromatic heterocycles. The SMILES string of the molecule is [Cl][Pt]([Cl])([Cl])[Cl].[Cl][Pt][Cl]. The van der Waals surface area contributed by atoms with Crippen LogP contribution in [0.15, 0.2) is 0 Å².